The molecule has 0 radical (unpaired) electrons. The first-order valence-electron chi connectivity index (χ1n) is 15.0. The number of benzene rings is 3. The molecule has 230 valence electrons. The van der Waals surface area contributed by atoms with Crippen LogP contribution >= 0.6 is 0 Å². The second-order valence-electron chi connectivity index (χ2n) is 12.1. The van der Waals surface area contributed by atoms with Crippen LogP contribution in [-0.2, 0) is 25.8 Å². The Bertz CT molecular complexity index is 1950. The van der Waals surface area contributed by atoms with Crippen molar-refractivity contribution in [3.8, 4) is 11.5 Å². The van der Waals surface area contributed by atoms with Gasteiger partial charge >= 0.3 is 5.97 Å². The van der Waals surface area contributed by atoms with Crippen LogP contribution in [0.3, 0.4) is 0 Å². The van der Waals surface area contributed by atoms with E-state index in [1.165, 1.54) is 36.4 Å². The minimum Gasteiger partial charge on any atom is -0.507 e. The van der Waals surface area contributed by atoms with Crippen LogP contribution in [0.1, 0.15) is 47.2 Å². The van der Waals surface area contributed by atoms with Gasteiger partial charge in [-0.15, -0.1) is 0 Å². The summed E-state index contributed by atoms with van der Waals surface area (Å²) < 4.78 is 5.90. The number of Topliss-reactive ketones (excluding diaryl/α,β-unsaturated/α-hetero) is 1. The zero-order chi connectivity index (χ0) is 32.3. The average molecular weight is 616 g/mol. The maximum Gasteiger partial charge on any atom is 0.335 e. The Kier molecular flexibility index (Phi) is 7.04. The number of phenolic OH excluding ortho intramolecular Hbond substituents is 1. The summed E-state index contributed by atoms with van der Waals surface area (Å²) >= 11 is 0. The topological polar surface area (TPSA) is 138 Å². The Morgan fingerprint density at radius 2 is 1.72 bits per heavy atom. The number of carbonyl (C=O) groups is 5. The first-order chi connectivity index (χ1) is 22.1. The molecule has 3 aromatic carbocycles. The molecule has 0 aromatic heterocycles. The van der Waals surface area contributed by atoms with E-state index in [1.54, 1.807) is 19.1 Å². The predicted octanol–water partition coefficient (Wildman–Crippen LogP) is 5.30. The molecule has 0 bridgehead atoms. The van der Waals surface area contributed by atoms with Crippen molar-refractivity contribution >= 4 is 35.0 Å². The van der Waals surface area contributed by atoms with Crippen LogP contribution in [0.25, 0.3) is 0 Å². The van der Waals surface area contributed by atoms with Gasteiger partial charge in [0.2, 0.25) is 11.8 Å². The minimum absolute atomic E-state index is 0.0561. The van der Waals surface area contributed by atoms with Crippen molar-refractivity contribution < 1.29 is 38.9 Å². The van der Waals surface area contributed by atoms with Crippen LogP contribution in [0, 0.1) is 17.8 Å². The lowest BCUT2D eigenvalue weighted by atomic mass is 9.59. The minimum atomic E-state index is -1.18. The van der Waals surface area contributed by atoms with E-state index >= 15 is 0 Å². The van der Waals surface area contributed by atoms with Gasteiger partial charge in [0.05, 0.1) is 23.1 Å². The summed E-state index contributed by atoms with van der Waals surface area (Å²) in [6.45, 7) is 1.87. The van der Waals surface area contributed by atoms with Crippen molar-refractivity contribution in [3.05, 3.63) is 124 Å². The molecule has 1 fully saturated rings. The number of carbonyl (C=O) groups excluding carboxylic acids is 4. The normalized spacial score (nSPS) is 23.8. The standard InChI is InChI=1S/C37H29NO8/c1-19-14-29(39)28-17-27-24(12-13-26-32(27)36(43)38(35(26)42)22-9-5-8-21(15-22)37(44)45)31(33(28)34(19)41)25-11-10-23(16-30(25)40)46-18-20-6-3-2-4-7-20/h2-12,14-16,26-27,31-32,40H,13,17-18H2,1H3,(H,44,45). The molecule has 4 aliphatic rings. The predicted molar refractivity (Wildman–Crippen MR) is 166 cm³/mol. The molecular formula is C37H29NO8. The second kappa shape index (κ2) is 11.1. The smallest absolute Gasteiger partial charge is 0.335 e. The Labute approximate surface area is 264 Å². The van der Waals surface area contributed by atoms with Crippen molar-refractivity contribution in [2.45, 2.75) is 32.3 Å². The number of hydrogen-bond acceptors (Lipinski definition) is 7. The summed E-state index contributed by atoms with van der Waals surface area (Å²) in [6, 6.07) is 20.1. The number of amides is 2. The highest BCUT2D eigenvalue weighted by molar-refractivity contribution is 6.25. The Morgan fingerprint density at radius 3 is 2.46 bits per heavy atom. The number of ether oxygens (including phenoxy) is 1. The number of hydrogen-bond donors (Lipinski definition) is 2. The largest absolute Gasteiger partial charge is 0.507 e. The number of imide groups is 1. The number of ketones is 2. The number of carboxylic acids is 1. The zero-order valence-corrected chi connectivity index (χ0v) is 24.8. The molecule has 7 rings (SSSR count). The lowest BCUT2D eigenvalue weighted by Gasteiger charge is -2.42. The third-order valence-electron chi connectivity index (χ3n) is 9.48. The van der Waals surface area contributed by atoms with Crippen molar-refractivity contribution in [2.75, 3.05) is 4.90 Å². The molecule has 9 heteroatoms. The highest BCUT2D eigenvalue weighted by Gasteiger charge is 2.56. The van der Waals surface area contributed by atoms with Gasteiger partial charge in [-0.2, -0.15) is 0 Å². The molecule has 0 spiro atoms. The number of aromatic carboxylic acids is 1. The van der Waals surface area contributed by atoms with E-state index in [1.807, 2.05) is 36.4 Å². The molecule has 46 heavy (non-hydrogen) atoms. The van der Waals surface area contributed by atoms with Crippen LogP contribution in [-0.4, -0.2) is 39.6 Å². The number of rotatable bonds is 6. The maximum absolute atomic E-state index is 14.1. The molecule has 0 saturated carbocycles. The molecule has 1 aliphatic heterocycles. The van der Waals surface area contributed by atoms with Gasteiger partial charge < -0.3 is 14.9 Å². The monoisotopic (exact) mass is 615 g/mol. The fraction of sp³-hybridized carbons (Fsp3) is 0.216. The molecule has 2 amide bonds. The molecule has 4 unspecified atom stereocenters. The fourth-order valence-corrected chi connectivity index (χ4v) is 7.35. The Balaban J connectivity index is 1.28. The summed E-state index contributed by atoms with van der Waals surface area (Å²) in [5.74, 6) is -5.39. The summed E-state index contributed by atoms with van der Waals surface area (Å²) in [4.78, 5) is 67.5. The van der Waals surface area contributed by atoms with Crippen LogP contribution in [0.15, 0.2) is 107 Å². The van der Waals surface area contributed by atoms with E-state index in [2.05, 4.69) is 0 Å². The first-order valence-corrected chi connectivity index (χ1v) is 15.0. The number of aromatic hydroxyl groups is 1. The number of fused-ring (bicyclic) bond motifs is 3. The second-order valence-corrected chi connectivity index (χ2v) is 12.1. The van der Waals surface area contributed by atoms with E-state index in [0.29, 0.717) is 22.5 Å². The average Bonchev–Trinajstić information content (AvgIpc) is 3.31. The Hall–Kier alpha value is -5.57. The summed E-state index contributed by atoms with van der Waals surface area (Å²) in [7, 11) is 0. The van der Waals surface area contributed by atoms with Crippen molar-refractivity contribution in [1.29, 1.82) is 0 Å². The van der Waals surface area contributed by atoms with Crippen molar-refractivity contribution in [2.24, 2.45) is 17.8 Å². The number of phenols is 1. The van der Waals surface area contributed by atoms with E-state index < -0.39 is 41.5 Å². The zero-order valence-electron chi connectivity index (χ0n) is 24.8. The van der Waals surface area contributed by atoms with Gasteiger partial charge in [-0.3, -0.25) is 24.1 Å². The highest BCUT2D eigenvalue weighted by atomic mass is 16.5. The number of anilines is 1. The summed E-state index contributed by atoms with van der Waals surface area (Å²) in [5.41, 5.74) is 3.01. The Morgan fingerprint density at radius 1 is 0.935 bits per heavy atom. The lowest BCUT2D eigenvalue weighted by Crippen LogP contribution is -2.39. The highest BCUT2D eigenvalue weighted by Crippen LogP contribution is 2.56. The van der Waals surface area contributed by atoms with Crippen LogP contribution in [0.5, 0.6) is 11.5 Å². The molecule has 2 N–H and O–H groups in total. The van der Waals surface area contributed by atoms with Gasteiger partial charge in [-0.05, 0) is 61.6 Å². The van der Waals surface area contributed by atoms with Crippen molar-refractivity contribution in [3.63, 3.8) is 0 Å². The first kappa shape index (κ1) is 29.2. The van der Waals surface area contributed by atoms with Crippen LogP contribution in [0.2, 0.25) is 0 Å². The number of carboxylic acid groups (broad SMARTS) is 1. The number of nitrogens with zero attached hydrogens (tertiary/aromatic N) is 1. The molecule has 1 heterocycles. The third kappa shape index (κ3) is 4.67. The van der Waals surface area contributed by atoms with E-state index in [4.69, 9.17) is 4.74 Å². The van der Waals surface area contributed by atoms with Crippen LogP contribution < -0.4 is 9.64 Å². The van der Waals surface area contributed by atoms with Crippen LogP contribution in [0.4, 0.5) is 5.69 Å². The van der Waals surface area contributed by atoms with Gasteiger partial charge in [0.1, 0.15) is 18.1 Å². The molecule has 1 saturated heterocycles. The molecule has 3 aliphatic carbocycles. The molecule has 3 aromatic rings. The molecular weight excluding hydrogens is 586 g/mol. The van der Waals surface area contributed by atoms with Gasteiger partial charge in [0.15, 0.2) is 11.6 Å². The van der Waals surface area contributed by atoms with E-state index in [0.717, 1.165) is 10.5 Å². The lowest BCUT2D eigenvalue weighted by molar-refractivity contribution is -0.123. The quantitative estimate of drug-likeness (QED) is 0.216. The van der Waals surface area contributed by atoms with E-state index in [-0.39, 0.29) is 59.2 Å². The summed E-state index contributed by atoms with van der Waals surface area (Å²) in [6.07, 6.45) is 3.48. The van der Waals surface area contributed by atoms with Gasteiger partial charge in [0.25, 0.3) is 0 Å². The van der Waals surface area contributed by atoms with Crippen molar-refractivity contribution in [1.82, 2.24) is 0 Å². The SMILES string of the molecule is CC1=CC(=O)C2=C(C1=O)C(c1ccc(OCc3ccccc3)cc1O)C1=CCC3C(=O)N(c4cccc(C(=O)O)c4)C(=O)C3C1C2. The molecule has 4 atom stereocenters. The van der Waals surface area contributed by atoms with Gasteiger partial charge in [-0.1, -0.05) is 54.1 Å². The number of allylic oxidation sites excluding steroid dienone is 6. The summed E-state index contributed by atoms with van der Waals surface area (Å²) in [5, 5.41) is 20.8. The molecule has 9 nitrogen and oxygen atoms in total. The fourth-order valence-electron chi connectivity index (χ4n) is 7.35. The van der Waals surface area contributed by atoms with E-state index in [9.17, 15) is 34.2 Å². The van der Waals surface area contributed by atoms with Gasteiger partial charge in [-0.25, -0.2) is 4.79 Å². The third-order valence-corrected chi connectivity index (χ3v) is 9.48. The van der Waals surface area contributed by atoms with Gasteiger partial charge in [0, 0.05) is 34.3 Å². The maximum atomic E-state index is 14.1.